The van der Waals surface area contributed by atoms with Crippen LogP contribution in [-0.4, -0.2) is 32.8 Å². The maximum absolute atomic E-state index is 12.4. The summed E-state index contributed by atoms with van der Waals surface area (Å²) in [6.07, 6.45) is 1.54. The summed E-state index contributed by atoms with van der Waals surface area (Å²) in [6.45, 7) is 0. The number of oxazole rings is 1. The highest BCUT2D eigenvalue weighted by molar-refractivity contribution is 6.05. The Morgan fingerprint density at radius 1 is 1.18 bits per heavy atom. The molecule has 9 nitrogen and oxygen atoms in total. The third-order valence-corrected chi connectivity index (χ3v) is 4.04. The van der Waals surface area contributed by atoms with Crippen molar-refractivity contribution >= 4 is 22.7 Å². The van der Waals surface area contributed by atoms with E-state index in [0.717, 1.165) is 0 Å². The maximum Gasteiger partial charge on any atom is 0.274 e. The van der Waals surface area contributed by atoms with Crippen molar-refractivity contribution in [2.45, 2.75) is 0 Å². The zero-order valence-corrected chi connectivity index (χ0v) is 15.0. The van der Waals surface area contributed by atoms with Crippen LogP contribution in [0.15, 0.2) is 57.9 Å². The van der Waals surface area contributed by atoms with E-state index >= 15 is 0 Å². The number of aromatic nitrogens is 4. The van der Waals surface area contributed by atoms with Crippen LogP contribution in [0.1, 0.15) is 10.5 Å². The number of anilines is 1. The van der Waals surface area contributed by atoms with E-state index in [2.05, 4.69) is 20.4 Å². The Hall–Kier alpha value is -4.01. The number of pyridine rings is 1. The Kier molecular flexibility index (Phi) is 4.32. The van der Waals surface area contributed by atoms with E-state index in [4.69, 9.17) is 9.15 Å². The van der Waals surface area contributed by atoms with E-state index in [1.54, 1.807) is 43.6 Å². The highest BCUT2D eigenvalue weighted by atomic mass is 16.5. The van der Waals surface area contributed by atoms with E-state index in [1.165, 1.54) is 23.9 Å². The van der Waals surface area contributed by atoms with Gasteiger partial charge >= 0.3 is 0 Å². The number of nitrogens with one attached hydrogen (secondary N) is 1. The molecular formula is C19H15N5O4. The van der Waals surface area contributed by atoms with Crippen LogP contribution < -0.4 is 15.6 Å². The lowest BCUT2D eigenvalue weighted by Gasteiger charge is -2.09. The number of rotatable bonds is 4. The molecule has 0 aliphatic heterocycles. The third-order valence-electron chi connectivity index (χ3n) is 4.04. The second-order valence-corrected chi connectivity index (χ2v) is 5.86. The molecule has 9 heteroatoms. The minimum absolute atomic E-state index is 0.233. The first-order valence-corrected chi connectivity index (χ1v) is 8.31. The van der Waals surface area contributed by atoms with Gasteiger partial charge in [0, 0.05) is 19.3 Å². The summed E-state index contributed by atoms with van der Waals surface area (Å²) in [7, 11) is 3.02. The molecular weight excluding hydrogens is 362 g/mol. The lowest BCUT2D eigenvalue weighted by atomic mass is 10.2. The Morgan fingerprint density at radius 3 is 2.75 bits per heavy atom. The number of benzene rings is 1. The van der Waals surface area contributed by atoms with Crippen LogP contribution in [-0.2, 0) is 7.05 Å². The average molecular weight is 377 g/mol. The van der Waals surface area contributed by atoms with Gasteiger partial charge in [-0.1, -0.05) is 6.07 Å². The maximum atomic E-state index is 12.4. The van der Waals surface area contributed by atoms with Gasteiger partial charge in [-0.2, -0.15) is 5.10 Å². The molecule has 4 rings (SSSR count). The van der Waals surface area contributed by atoms with Crippen molar-refractivity contribution in [2.24, 2.45) is 7.05 Å². The van der Waals surface area contributed by atoms with Gasteiger partial charge < -0.3 is 14.5 Å². The zero-order valence-electron chi connectivity index (χ0n) is 15.0. The number of aryl methyl sites for hydroxylation is 1. The van der Waals surface area contributed by atoms with Crippen LogP contribution in [0.5, 0.6) is 5.75 Å². The molecule has 3 heterocycles. The van der Waals surface area contributed by atoms with Crippen molar-refractivity contribution in [3.8, 4) is 17.3 Å². The van der Waals surface area contributed by atoms with Crippen molar-refractivity contribution in [3.05, 3.63) is 64.7 Å². The lowest BCUT2D eigenvalue weighted by molar-refractivity contribution is 0.102. The van der Waals surface area contributed by atoms with Crippen molar-refractivity contribution in [1.29, 1.82) is 0 Å². The van der Waals surface area contributed by atoms with Crippen molar-refractivity contribution < 1.29 is 13.9 Å². The van der Waals surface area contributed by atoms with Gasteiger partial charge in [0.05, 0.1) is 12.8 Å². The average Bonchev–Trinajstić information content (AvgIpc) is 3.15. The monoisotopic (exact) mass is 377 g/mol. The van der Waals surface area contributed by atoms with Crippen LogP contribution in [0.25, 0.3) is 22.7 Å². The van der Waals surface area contributed by atoms with Crippen LogP contribution in [0, 0.1) is 0 Å². The second-order valence-electron chi connectivity index (χ2n) is 5.86. The first kappa shape index (κ1) is 17.4. The Labute approximate surface area is 158 Å². The van der Waals surface area contributed by atoms with Crippen molar-refractivity contribution in [2.75, 3.05) is 12.4 Å². The molecule has 140 valence electrons. The van der Waals surface area contributed by atoms with E-state index in [0.29, 0.717) is 28.2 Å². The van der Waals surface area contributed by atoms with Crippen LogP contribution in [0.4, 0.5) is 5.69 Å². The first-order valence-electron chi connectivity index (χ1n) is 8.31. The van der Waals surface area contributed by atoms with Gasteiger partial charge in [0.1, 0.15) is 11.4 Å². The topological polar surface area (TPSA) is 112 Å². The number of methoxy groups -OCH3 is 1. The summed E-state index contributed by atoms with van der Waals surface area (Å²) in [5.41, 5.74) is 1.75. The largest absolute Gasteiger partial charge is 0.492 e. The summed E-state index contributed by atoms with van der Waals surface area (Å²) in [6, 6.07) is 11.3. The minimum Gasteiger partial charge on any atom is -0.492 e. The third kappa shape index (κ3) is 3.09. The molecule has 0 aliphatic rings. The number of hydrogen-bond acceptors (Lipinski definition) is 7. The summed E-state index contributed by atoms with van der Waals surface area (Å²) in [5, 5.41) is 6.90. The van der Waals surface area contributed by atoms with Gasteiger partial charge in [0.2, 0.25) is 5.89 Å². The number of hydrogen-bond donors (Lipinski definition) is 1. The van der Waals surface area contributed by atoms with Gasteiger partial charge in [0.15, 0.2) is 16.8 Å². The van der Waals surface area contributed by atoms with Gasteiger partial charge in [-0.15, -0.1) is 0 Å². The molecule has 0 spiro atoms. The number of nitrogens with zero attached hydrogens (tertiary/aromatic N) is 4. The predicted molar refractivity (Wildman–Crippen MR) is 101 cm³/mol. The fraction of sp³-hybridized carbons (Fsp3) is 0.105. The quantitative estimate of drug-likeness (QED) is 0.580. The molecule has 1 aromatic carbocycles. The fourth-order valence-corrected chi connectivity index (χ4v) is 2.68. The van der Waals surface area contributed by atoms with Gasteiger partial charge in [0.25, 0.3) is 11.5 Å². The summed E-state index contributed by atoms with van der Waals surface area (Å²) >= 11 is 0. The SMILES string of the molecule is COc1c(NC(=O)c2ccccn2)ccc2oc(-c3ccc(=O)n(C)n3)nc12. The number of carbonyl (C=O) groups is 1. The molecule has 0 bridgehead atoms. The van der Waals surface area contributed by atoms with Gasteiger partial charge in [-0.3, -0.25) is 14.6 Å². The molecule has 0 aliphatic carbocycles. The Bertz CT molecular complexity index is 1230. The van der Waals surface area contributed by atoms with Crippen LogP contribution in [0.3, 0.4) is 0 Å². The summed E-state index contributed by atoms with van der Waals surface area (Å²) in [4.78, 5) is 32.4. The molecule has 0 fully saturated rings. The molecule has 0 saturated heterocycles. The molecule has 4 aromatic rings. The first-order chi connectivity index (χ1) is 13.6. The summed E-state index contributed by atoms with van der Waals surface area (Å²) < 4.78 is 12.4. The Morgan fingerprint density at radius 2 is 2.04 bits per heavy atom. The molecule has 1 N–H and O–H groups in total. The van der Waals surface area contributed by atoms with Gasteiger partial charge in [-0.25, -0.2) is 9.67 Å². The minimum atomic E-state index is -0.373. The van der Waals surface area contributed by atoms with E-state index < -0.39 is 0 Å². The molecule has 0 radical (unpaired) electrons. The molecule has 28 heavy (non-hydrogen) atoms. The predicted octanol–water partition coefficient (Wildman–Crippen LogP) is 2.24. The smallest absolute Gasteiger partial charge is 0.274 e. The standard InChI is InChI=1S/C19H15N5O4/c1-24-15(25)9-7-13(23-24)19-22-16-14(28-19)8-6-11(17(16)27-2)21-18(26)12-5-3-4-10-20-12/h3-10H,1-2H3,(H,21,26). The van der Waals surface area contributed by atoms with E-state index in [9.17, 15) is 9.59 Å². The number of fused-ring (bicyclic) bond motifs is 1. The van der Waals surface area contributed by atoms with E-state index in [-0.39, 0.29) is 23.1 Å². The molecule has 0 atom stereocenters. The molecule has 3 aromatic heterocycles. The van der Waals surface area contributed by atoms with Crippen LogP contribution in [0.2, 0.25) is 0 Å². The normalized spacial score (nSPS) is 10.8. The van der Waals surface area contributed by atoms with Crippen molar-refractivity contribution in [1.82, 2.24) is 19.7 Å². The lowest BCUT2D eigenvalue weighted by Crippen LogP contribution is -2.18. The van der Waals surface area contributed by atoms with Crippen molar-refractivity contribution in [3.63, 3.8) is 0 Å². The number of amides is 1. The number of ether oxygens (including phenoxy) is 1. The van der Waals surface area contributed by atoms with E-state index in [1.807, 2.05) is 0 Å². The molecule has 1 amide bonds. The Balaban J connectivity index is 1.74. The highest BCUT2D eigenvalue weighted by Crippen LogP contribution is 2.35. The summed E-state index contributed by atoms with van der Waals surface area (Å²) in [5.74, 6) is 0.209. The second kappa shape index (κ2) is 6.95. The van der Waals surface area contributed by atoms with Crippen LogP contribution >= 0.6 is 0 Å². The highest BCUT2D eigenvalue weighted by Gasteiger charge is 2.19. The number of carbonyl (C=O) groups excluding carboxylic acids is 1. The zero-order chi connectivity index (χ0) is 19.7. The fourth-order valence-electron chi connectivity index (χ4n) is 2.68. The molecule has 0 unspecified atom stereocenters. The molecule has 0 saturated carbocycles. The van der Waals surface area contributed by atoms with Gasteiger partial charge in [-0.05, 0) is 30.3 Å².